The van der Waals surface area contributed by atoms with E-state index in [0.29, 0.717) is 94.1 Å². The van der Waals surface area contributed by atoms with E-state index in [1.54, 1.807) is 30.3 Å². The van der Waals surface area contributed by atoms with Crippen LogP contribution in [-0.4, -0.2) is 66.6 Å². The third-order valence-corrected chi connectivity index (χ3v) is 15.8. The minimum atomic E-state index is -4.69. The van der Waals surface area contributed by atoms with Crippen LogP contribution in [0.25, 0.3) is 133 Å². The molecule has 3 aliphatic carbocycles. The van der Waals surface area contributed by atoms with Crippen LogP contribution in [0, 0.1) is 0 Å². The van der Waals surface area contributed by atoms with E-state index in [2.05, 4.69) is 70.1 Å². The van der Waals surface area contributed by atoms with Gasteiger partial charge < -0.3 is 15.3 Å². The van der Waals surface area contributed by atoms with Crippen molar-refractivity contribution in [3.05, 3.63) is 158 Å². The summed E-state index contributed by atoms with van der Waals surface area (Å²) in [6.45, 7) is 0. The topological polar surface area (TPSA) is 299 Å². The third-order valence-electron chi connectivity index (χ3n) is 13.0. The standard InChI is InChI=1S/2C18H10N2O6S2.C18H10N2.3Na.H2O/c2*21-25-26-27-10-5-9-6-11(28(22,23)24)8-13-16(9)12(7-10)17-18(13)20-15-4-2-1-3-14(15)19-17;1-2-10-15-14(9-1)19-17-12-7-3-5-11-6-4-8-13(16(11)12)18(17)20-15;;;;/h2*1-8,21H,(H,22,23,24);1-10H;;;;1H2/q;;;3*+1;/p-3. The van der Waals surface area contributed by atoms with Gasteiger partial charge in [-0.25, -0.2) is 43.6 Å². The van der Waals surface area contributed by atoms with Crippen LogP contribution in [0.3, 0.4) is 0 Å². The van der Waals surface area contributed by atoms with Crippen molar-refractivity contribution in [1.29, 1.82) is 0 Å². The van der Waals surface area contributed by atoms with E-state index in [1.165, 1.54) is 46.2 Å². The number of rotatable bonds is 8. The second-order valence-corrected chi connectivity index (χ2v) is 21.7. The van der Waals surface area contributed by atoms with Crippen LogP contribution < -0.4 is 93.9 Å². The Labute approximate surface area is 528 Å². The Morgan fingerprint density at radius 2 is 0.750 bits per heavy atom. The second-order valence-electron chi connectivity index (χ2n) is 17.4. The molecule has 0 atom stereocenters. The summed E-state index contributed by atoms with van der Waals surface area (Å²) in [5.74, 6) is 0. The first-order valence-corrected chi connectivity index (χ1v) is 27.0. The molecule has 0 unspecified atom stereocenters. The molecule has 0 saturated heterocycles. The van der Waals surface area contributed by atoms with Crippen molar-refractivity contribution in [2.75, 3.05) is 0 Å². The number of aromatic nitrogens is 6. The zero-order valence-electron chi connectivity index (χ0n) is 41.8. The third kappa shape index (κ3) is 10.7. The maximum atomic E-state index is 11.8. The van der Waals surface area contributed by atoms with Gasteiger partial charge in [-0.2, -0.15) is 12.8 Å². The number of hydrogen-bond donors (Lipinski definition) is 2. The van der Waals surface area contributed by atoms with Gasteiger partial charge >= 0.3 is 88.7 Å². The van der Waals surface area contributed by atoms with Crippen LogP contribution in [0.5, 0.6) is 0 Å². The molecule has 12 aromatic rings. The van der Waals surface area contributed by atoms with Crippen molar-refractivity contribution in [3.63, 3.8) is 0 Å². The molecule has 0 fully saturated rings. The molecule has 3 N–H and O–H groups in total. The molecule has 380 valence electrons. The fraction of sp³-hybridized carbons (Fsp3) is 0. The summed E-state index contributed by atoms with van der Waals surface area (Å²) >= 11 is 1.42. The van der Waals surface area contributed by atoms with Crippen LogP contribution in [0.2, 0.25) is 0 Å². The molecule has 3 aromatic heterocycles. The maximum absolute atomic E-state index is 11.8. The molecule has 3 heterocycles. The summed E-state index contributed by atoms with van der Waals surface area (Å²) < 4.78 is 77.0. The van der Waals surface area contributed by atoms with Crippen LogP contribution in [0.1, 0.15) is 0 Å². The number of benzene rings is 9. The predicted octanol–water partition coefficient (Wildman–Crippen LogP) is 1.94. The van der Waals surface area contributed by atoms with Crippen molar-refractivity contribution >= 4 is 110 Å². The largest absolute Gasteiger partial charge is 1.00 e. The van der Waals surface area contributed by atoms with Gasteiger partial charge in [0.05, 0.1) is 101 Å². The maximum Gasteiger partial charge on any atom is 1.00 e. The van der Waals surface area contributed by atoms with Gasteiger partial charge in [0.2, 0.25) is 0 Å². The Hall–Kier alpha value is -4.98. The molecule has 0 radical (unpaired) electrons. The molecule has 0 amide bonds. The molecule has 0 saturated carbocycles. The Kier molecular flexibility index (Phi) is 17.7. The minimum Gasteiger partial charge on any atom is -0.870 e. The van der Waals surface area contributed by atoms with Gasteiger partial charge in [0, 0.05) is 59.3 Å². The van der Waals surface area contributed by atoms with E-state index >= 15 is 0 Å². The molecule has 80 heavy (non-hydrogen) atoms. The van der Waals surface area contributed by atoms with Crippen molar-refractivity contribution in [2.24, 2.45) is 0 Å². The molecule has 3 aliphatic rings. The summed E-state index contributed by atoms with van der Waals surface area (Å²) in [4.78, 5) is 28.8. The summed E-state index contributed by atoms with van der Waals surface area (Å²) in [5, 5.41) is 30.7. The summed E-state index contributed by atoms with van der Waals surface area (Å²) in [5.41, 5.74) is 13.7. The molecule has 9 aromatic carbocycles. The summed E-state index contributed by atoms with van der Waals surface area (Å²) in [6, 6.07) is 47.6. The van der Waals surface area contributed by atoms with E-state index in [0.717, 1.165) is 50.8 Å². The fourth-order valence-corrected chi connectivity index (χ4v) is 12.0. The average molecular weight is 1170 g/mol. The van der Waals surface area contributed by atoms with Crippen LogP contribution in [0.4, 0.5) is 0 Å². The summed E-state index contributed by atoms with van der Waals surface area (Å²) in [7, 11) is -9.12. The second kappa shape index (κ2) is 23.7. The number of para-hydroxylation sites is 6. The molecule has 0 bridgehead atoms. The molecule has 26 heteroatoms. The van der Waals surface area contributed by atoms with E-state index in [4.69, 9.17) is 20.2 Å². The molecule has 0 spiro atoms. The molecule has 0 aliphatic heterocycles. The summed E-state index contributed by atoms with van der Waals surface area (Å²) in [6.07, 6.45) is 0. The monoisotopic (exact) mass is 1170 g/mol. The quantitative estimate of drug-likeness (QED) is 0.0722. The number of hydrogen-bond acceptors (Lipinski definition) is 20. The van der Waals surface area contributed by atoms with E-state index in [9.17, 15) is 31.2 Å². The predicted molar refractivity (Wildman–Crippen MR) is 283 cm³/mol. The van der Waals surface area contributed by atoms with Crippen LogP contribution in [0.15, 0.2) is 177 Å². The van der Waals surface area contributed by atoms with Gasteiger partial charge in [-0.1, -0.05) is 77.8 Å². The smallest absolute Gasteiger partial charge is 0.870 e. The average Bonchev–Trinajstić information content (AvgIpc) is 4.05. The van der Waals surface area contributed by atoms with Crippen molar-refractivity contribution in [2.45, 2.75) is 19.6 Å². The molecular formula is C54H29N6Na3O13S4. The zero-order chi connectivity index (χ0) is 52.0. The zero-order valence-corrected chi connectivity index (χ0v) is 51.0. The minimum absolute atomic E-state index is 0. The first-order valence-electron chi connectivity index (χ1n) is 22.6. The fourth-order valence-electron chi connectivity index (χ4n) is 10.0. The molecule has 15 rings (SSSR count). The van der Waals surface area contributed by atoms with E-state index < -0.39 is 20.2 Å². The van der Waals surface area contributed by atoms with Gasteiger partial charge in [-0.3, -0.25) is 9.59 Å². The number of nitrogens with zero attached hydrogens (tertiary/aromatic N) is 6. The normalized spacial score (nSPS) is 11.8. The van der Waals surface area contributed by atoms with Gasteiger partial charge in [0.25, 0.3) is 10.1 Å². The SMILES string of the molecule is O=S(=O)(O)c1cc2c3c(cc(SOOO)cc3c1)-c1nc3ccccc3nc1-2.O=S(=O)([O-])c1cc2c3c(cc(SOO[O-])cc3c1)-c1nc3ccccc3nc1-2.[Na+].[Na+].[Na+].[OH-].c1cc2c3c(cccc3c1)-c1nc3ccccc3nc1-2. The van der Waals surface area contributed by atoms with Gasteiger partial charge in [-0.15, -0.1) is 4.33 Å². The van der Waals surface area contributed by atoms with Gasteiger partial charge in [-0.05, 0) is 101 Å². The Bertz CT molecular complexity index is 4450. The van der Waals surface area contributed by atoms with Crippen molar-refractivity contribution < 1.29 is 149 Å². The number of fused-ring (bicyclic) bond motifs is 12. The first-order chi connectivity index (χ1) is 36.8. The van der Waals surface area contributed by atoms with Crippen molar-refractivity contribution in [3.8, 4) is 67.5 Å². The van der Waals surface area contributed by atoms with Gasteiger partial charge in [0.15, 0.2) is 0 Å². The molecule has 19 nitrogen and oxygen atoms in total. The van der Waals surface area contributed by atoms with E-state index in [-0.39, 0.29) is 104 Å². The Balaban J connectivity index is 0.000000144. The van der Waals surface area contributed by atoms with Crippen LogP contribution >= 0.6 is 24.1 Å². The van der Waals surface area contributed by atoms with Crippen LogP contribution in [-0.2, 0) is 39.0 Å². The van der Waals surface area contributed by atoms with Crippen molar-refractivity contribution in [1.82, 2.24) is 29.9 Å². The first kappa shape index (κ1) is 59.6. The molecular weight excluding hydrogens is 1140 g/mol. The Morgan fingerprint density at radius 3 is 1.11 bits per heavy atom. The van der Waals surface area contributed by atoms with E-state index in [1.807, 2.05) is 66.7 Å². The Morgan fingerprint density at radius 1 is 0.412 bits per heavy atom. The van der Waals surface area contributed by atoms with Gasteiger partial charge in [0.1, 0.15) is 10.1 Å².